The second kappa shape index (κ2) is 5.61. The van der Waals surface area contributed by atoms with E-state index >= 15 is 0 Å². The van der Waals surface area contributed by atoms with E-state index in [0.717, 1.165) is 11.4 Å². The van der Waals surface area contributed by atoms with Gasteiger partial charge in [0.05, 0.1) is 17.4 Å². The number of nitrogens with two attached hydrogens (primary N) is 1. The molecule has 0 aliphatic heterocycles. The van der Waals surface area contributed by atoms with E-state index in [-0.39, 0.29) is 5.91 Å². The lowest BCUT2D eigenvalue weighted by Crippen LogP contribution is -2.15. The molecule has 20 heavy (non-hydrogen) atoms. The van der Waals surface area contributed by atoms with Gasteiger partial charge in [0.2, 0.25) is 0 Å². The highest BCUT2D eigenvalue weighted by atomic mass is 16.1. The van der Waals surface area contributed by atoms with Crippen molar-refractivity contribution < 1.29 is 4.79 Å². The van der Waals surface area contributed by atoms with Crippen LogP contribution in [0.3, 0.4) is 0 Å². The number of amides is 1. The standard InChI is InChI=1S/C15H18N4O/c1-10-4-6-13(16)12(8-10)15(20)18-11-5-7-14(17-9-11)19(2)3/h4-9H,16H2,1-3H3,(H,18,20). The third-order valence-electron chi connectivity index (χ3n) is 2.92. The zero-order chi connectivity index (χ0) is 14.7. The van der Waals surface area contributed by atoms with E-state index < -0.39 is 0 Å². The summed E-state index contributed by atoms with van der Waals surface area (Å²) in [7, 11) is 3.82. The van der Waals surface area contributed by atoms with Gasteiger partial charge in [-0.1, -0.05) is 11.6 Å². The zero-order valence-corrected chi connectivity index (χ0v) is 11.8. The fourth-order valence-corrected chi connectivity index (χ4v) is 1.79. The van der Waals surface area contributed by atoms with Gasteiger partial charge in [-0.25, -0.2) is 4.98 Å². The van der Waals surface area contributed by atoms with Crippen LogP contribution in [0.2, 0.25) is 0 Å². The SMILES string of the molecule is Cc1ccc(N)c(C(=O)Nc2ccc(N(C)C)nc2)c1. The predicted molar refractivity (Wildman–Crippen MR) is 82.1 cm³/mol. The van der Waals surface area contributed by atoms with Crippen LogP contribution in [0.1, 0.15) is 15.9 Å². The minimum atomic E-state index is -0.231. The maximum atomic E-state index is 12.2. The molecule has 0 unspecified atom stereocenters. The fraction of sp³-hybridized carbons (Fsp3) is 0.200. The summed E-state index contributed by atoms with van der Waals surface area (Å²) in [6.45, 7) is 1.92. The number of benzene rings is 1. The summed E-state index contributed by atoms with van der Waals surface area (Å²) in [6, 6.07) is 9.03. The van der Waals surface area contributed by atoms with E-state index in [2.05, 4.69) is 10.3 Å². The first-order valence-electron chi connectivity index (χ1n) is 6.28. The highest BCUT2D eigenvalue weighted by Gasteiger charge is 2.10. The Labute approximate surface area is 118 Å². The fourth-order valence-electron chi connectivity index (χ4n) is 1.79. The minimum absolute atomic E-state index is 0.231. The lowest BCUT2D eigenvalue weighted by atomic mass is 10.1. The molecule has 2 aromatic rings. The molecule has 0 spiro atoms. The van der Waals surface area contributed by atoms with Gasteiger partial charge in [-0.2, -0.15) is 0 Å². The Bertz CT molecular complexity index is 620. The molecule has 0 aliphatic rings. The Morgan fingerprint density at radius 2 is 2.00 bits per heavy atom. The molecule has 5 nitrogen and oxygen atoms in total. The third kappa shape index (κ3) is 3.06. The minimum Gasteiger partial charge on any atom is -0.398 e. The van der Waals surface area contributed by atoms with Crippen molar-refractivity contribution in [1.82, 2.24) is 4.98 Å². The summed E-state index contributed by atoms with van der Waals surface area (Å²) in [5.74, 6) is 0.601. The van der Waals surface area contributed by atoms with Crippen molar-refractivity contribution in [1.29, 1.82) is 0 Å². The number of hydrogen-bond acceptors (Lipinski definition) is 4. The maximum absolute atomic E-state index is 12.2. The molecular weight excluding hydrogens is 252 g/mol. The number of pyridine rings is 1. The van der Waals surface area contributed by atoms with E-state index in [9.17, 15) is 4.79 Å². The van der Waals surface area contributed by atoms with Gasteiger partial charge in [0.1, 0.15) is 5.82 Å². The van der Waals surface area contributed by atoms with E-state index in [4.69, 9.17) is 5.73 Å². The van der Waals surface area contributed by atoms with E-state index in [1.807, 2.05) is 44.1 Å². The van der Waals surface area contributed by atoms with Crippen LogP contribution >= 0.6 is 0 Å². The average molecular weight is 270 g/mol. The number of hydrogen-bond donors (Lipinski definition) is 2. The first-order valence-corrected chi connectivity index (χ1v) is 6.28. The van der Waals surface area contributed by atoms with Gasteiger partial charge in [0.25, 0.3) is 5.91 Å². The molecule has 0 atom stereocenters. The molecule has 0 saturated carbocycles. The Morgan fingerprint density at radius 3 is 2.60 bits per heavy atom. The van der Waals surface area contributed by atoms with Crippen molar-refractivity contribution in [3.63, 3.8) is 0 Å². The molecule has 5 heteroatoms. The van der Waals surface area contributed by atoms with Gasteiger partial charge >= 0.3 is 0 Å². The van der Waals surface area contributed by atoms with Gasteiger partial charge < -0.3 is 16.0 Å². The van der Waals surface area contributed by atoms with Crippen molar-refractivity contribution >= 4 is 23.1 Å². The Kier molecular flexibility index (Phi) is 3.89. The van der Waals surface area contributed by atoms with Crippen LogP contribution < -0.4 is 16.0 Å². The first-order chi connectivity index (χ1) is 9.47. The molecule has 1 heterocycles. The Morgan fingerprint density at radius 1 is 1.25 bits per heavy atom. The molecule has 0 radical (unpaired) electrons. The maximum Gasteiger partial charge on any atom is 0.257 e. The Hall–Kier alpha value is -2.56. The van der Waals surface area contributed by atoms with Gasteiger partial charge in [-0.05, 0) is 31.2 Å². The molecule has 0 saturated heterocycles. The monoisotopic (exact) mass is 270 g/mol. The molecule has 0 fully saturated rings. The summed E-state index contributed by atoms with van der Waals surface area (Å²) in [5.41, 5.74) is 8.39. The molecule has 1 aromatic carbocycles. The smallest absolute Gasteiger partial charge is 0.257 e. The molecule has 2 rings (SSSR count). The highest BCUT2D eigenvalue weighted by Crippen LogP contribution is 2.17. The van der Waals surface area contributed by atoms with Gasteiger partial charge in [-0.3, -0.25) is 4.79 Å². The van der Waals surface area contributed by atoms with E-state index in [0.29, 0.717) is 16.9 Å². The molecule has 104 valence electrons. The van der Waals surface area contributed by atoms with Crippen molar-refractivity contribution in [2.75, 3.05) is 30.0 Å². The normalized spacial score (nSPS) is 10.2. The highest BCUT2D eigenvalue weighted by molar-refractivity contribution is 6.07. The largest absolute Gasteiger partial charge is 0.398 e. The number of anilines is 3. The predicted octanol–water partition coefficient (Wildman–Crippen LogP) is 2.29. The van der Waals surface area contributed by atoms with Gasteiger partial charge in [0.15, 0.2) is 0 Å². The quantitative estimate of drug-likeness (QED) is 0.839. The zero-order valence-electron chi connectivity index (χ0n) is 11.8. The van der Waals surface area contributed by atoms with Crippen molar-refractivity contribution in [2.24, 2.45) is 0 Å². The van der Waals surface area contributed by atoms with Crippen LogP contribution in [0.5, 0.6) is 0 Å². The van der Waals surface area contributed by atoms with Gasteiger partial charge in [0, 0.05) is 19.8 Å². The van der Waals surface area contributed by atoms with Crippen LogP contribution in [0, 0.1) is 6.92 Å². The lowest BCUT2D eigenvalue weighted by molar-refractivity contribution is 0.102. The van der Waals surface area contributed by atoms with Crippen molar-refractivity contribution in [3.05, 3.63) is 47.7 Å². The van der Waals surface area contributed by atoms with Crippen LogP contribution in [0.4, 0.5) is 17.2 Å². The van der Waals surface area contributed by atoms with Gasteiger partial charge in [-0.15, -0.1) is 0 Å². The van der Waals surface area contributed by atoms with Crippen LogP contribution in [0.25, 0.3) is 0 Å². The third-order valence-corrected chi connectivity index (χ3v) is 2.92. The number of aromatic nitrogens is 1. The summed E-state index contributed by atoms with van der Waals surface area (Å²) in [6.07, 6.45) is 1.62. The molecule has 3 N–H and O–H groups in total. The molecule has 0 aliphatic carbocycles. The first kappa shape index (κ1) is 13.9. The number of carbonyl (C=O) groups excluding carboxylic acids is 1. The van der Waals surface area contributed by atoms with Crippen LogP contribution in [0.15, 0.2) is 36.5 Å². The second-order valence-corrected chi connectivity index (χ2v) is 4.84. The van der Waals surface area contributed by atoms with Crippen LogP contribution in [-0.2, 0) is 0 Å². The number of aryl methyl sites for hydroxylation is 1. The molecular formula is C15H18N4O. The van der Waals surface area contributed by atoms with Crippen molar-refractivity contribution in [2.45, 2.75) is 6.92 Å². The molecule has 1 amide bonds. The number of nitrogens with one attached hydrogen (secondary N) is 1. The summed E-state index contributed by atoms with van der Waals surface area (Å²) >= 11 is 0. The van der Waals surface area contributed by atoms with E-state index in [1.165, 1.54) is 0 Å². The molecule has 1 aromatic heterocycles. The number of carbonyl (C=O) groups is 1. The summed E-state index contributed by atoms with van der Waals surface area (Å²) in [5, 5.41) is 2.79. The topological polar surface area (TPSA) is 71.2 Å². The summed E-state index contributed by atoms with van der Waals surface area (Å²) in [4.78, 5) is 18.3. The van der Waals surface area contributed by atoms with Crippen LogP contribution in [-0.4, -0.2) is 25.0 Å². The molecule has 0 bridgehead atoms. The number of nitrogen functional groups attached to an aromatic ring is 1. The second-order valence-electron chi connectivity index (χ2n) is 4.84. The Balaban J connectivity index is 2.17. The van der Waals surface area contributed by atoms with E-state index in [1.54, 1.807) is 18.3 Å². The summed E-state index contributed by atoms with van der Waals surface area (Å²) < 4.78 is 0. The van der Waals surface area contributed by atoms with Crippen molar-refractivity contribution in [3.8, 4) is 0 Å². The lowest BCUT2D eigenvalue weighted by Gasteiger charge is -2.12. The average Bonchev–Trinajstić information content (AvgIpc) is 2.42. The number of nitrogens with zero attached hydrogens (tertiary/aromatic N) is 2. The number of rotatable bonds is 3.